The van der Waals surface area contributed by atoms with E-state index >= 15 is 0 Å². The van der Waals surface area contributed by atoms with Gasteiger partial charge in [0.25, 0.3) is 0 Å². The molecule has 2 nitrogen and oxygen atoms in total. The maximum Gasteiger partial charge on any atom is 0.142 e. The second-order valence-corrected chi connectivity index (χ2v) is 5.60. The van der Waals surface area contributed by atoms with E-state index < -0.39 is 0 Å². The van der Waals surface area contributed by atoms with Crippen LogP contribution in [0.25, 0.3) is 0 Å². The highest BCUT2D eigenvalue weighted by Gasteiger charge is 2.17. The number of nitrogens with one attached hydrogen (secondary N) is 1. The first-order valence-electron chi connectivity index (χ1n) is 6.09. The van der Waals surface area contributed by atoms with E-state index in [9.17, 15) is 4.39 Å². The zero-order chi connectivity index (χ0) is 13.6. The molecule has 0 unspecified atom stereocenters. The van der Waals surface area contributed by atoms with Crippen LogP contribution in [0.5, 0.6) is 0 Å². The zero-order valence-electron chi connectivity index (χ0n) is 11.2. The first-order valence-corrected chi connectivity index (χ1v) is 6.46. The molecule has 0 aromatic heterocycles. The molecule has 0 saturated heterocycles. The van der Waals surface area contributed by atoms with E-state index in [4.69, 9.17) is 16.3 Å². The summed E-state index contributed by atoms with van der Waals surface area (Å²) in [5, 5.41) is 3.52. The maximum atomic E-state index is 13.2. The SMILES string of the molecule is COCCC(C)(C)CNCc1cccc(F)c1Cl. The van der Waals surface area contributed by atoms with Crippen LogP contribution in [0, 0.1) is 11.2 Å². The summed E-state index contributed by atoms with van der Waals surface area (Å²) >= 11 is 5.89. The van der Waals surface area contributed by atoms with Crippen molar-refractivity contribution in [2.24, 2.45) is 5.41 Å². The normalized spacial score (nSPS) is 11.8. The lowest BCUT2D eigenvalue weighted by atomic mass is 9.89. The Bertz CT molecular complexity index is 382. The molecule has 0 aliphatic rings. The molecule has 0 amide bonds. The third-order valence-electron chi connectivity index (χ3n) is 2.93. The minimum Gasteiger partial charge on any atom is -0.385 e. The van der Waals surface area contributed by atoms with Crippen molar-refractivity contribution in [2.45, 2.75) is 26.8 Å². The quantitative estimate of drug-likeness (QED) is 0.819. The lowest BCUT2D eigenvalue weighted by molar-refractivity contribution is 0.150. The van der Waals surface area contributed by atoms with Gasteiger partial charge in [0, 0.05) is 26.8 Å². The molecule has 0 fully saturated rings. The van der Waals surface area contributed by atoms with Crippen LogP contribution in [-0.2, 0) is 11.3 Å². The molecule has 0 atom stereocenters. The van der Waals surface area contributed by atoms with Crippen molar-refractivity contribution < 1.29 is 9.13 Å². The summed E-state index contributed by atoms with van der Waals surface area (Å²) in [5.41, 5.74) is 0.940. The number of hydrogen-bond acceptors (Lipinski definition) is 2. The number of hydrogen-bond donors (Lipinski definition) is 1. The van der Waals surface area contributed by atoms with Gasteiger partial charge in [-0.05, 0) is 23.5 Å². The van der Waals surface area contributed by atoms with Gasteiger partial charge >= 0.3 is 0 Å². The molecular weight excluding hydrogens is 253 g/mol. The van der Waals surface area contributed by atoms with Gasteiger partial charge in [-0.15, -0.1) is 0 Å². The van der Waals surface area contributed by atoms with Crippen LogP contribution in [0.1, 0.15) is 25.8 Å². The van der Waals surface area contributed by atoms with Gasteiger partial charge in [-0.2, -0.15) is 0 Å². The third kappa shape index (κ3) is 4.92. The predicted octanol–water partition coefficient (Wildman–Crippen LogP) is 3.63. The van der Waals surface area contributed by atoms with Gasteiger partial charge in [-0.1, -0.05) is 37.6 Å². The van der Waals surface area contributed by atoms with Gasteiger partial charge in [0.15, 0.2) is 0 Å². The fourth-order valence-corrected chi connectivity index (χ4v) is 1.88. The van der Waals surface area contributed by atoms with E-state index in [1.165, 1.54) is 6.07 Å². The van der Waals surface area contributed by atoms with Gasteiger partial charge in [0.05, 0.1) is 5.02 Å². The Morgan fingerprint density at radius 3 is 2.78 bits per heavy atom. The minimum absolute atomic E-state index is 0.149. The summed E-state index contributed by atoms with van der Waals surface area (Å²) in [6.07, 6.45) is 0.980. The molecule has 0 spiro atoms. The second-order valence-electron chi connectivity index (χ2n) is 5.22. The van der Waals surface area contributed by atoms with Gasteiger partial charge < -0.3 is 10.1 Å². The van der Waals surface area contributed by atoms with E-state index in [1.54, 1.807) is 13.2 Å². The summed E-state index contributed by atoms with van der Waals surface area (Å²) in [7, 11) is 1.70. The van der Waals surface area contributed by atoms with Crippen molar-refractivity contribution in [3.05, 3.63) is 34.6 Å². The topological polar surface area (TPSA) is 21.3 Å². The van der Waals surface area contributed by atoms with E-state index in [-0.39, 0.29) is 16.3 Å². The van der Waals surface area contributed by atoms with Crippen LogP contribution in [0.15, 0.2) is 18.2 Å². The number of benzene rings is 1. The Hall–Kier alpha value is -0.640. The number of ether oxygens (including phenoxy) is 1. The molecule has 1 aromatic rings. The number of halogens is 2. The molecule has 1 rings (SSSR count). The Labute approximate surface area is 113 Å². The van der Waals surface area contributed by atoms with Crippen molar-refractivity contribution in [3.63, 3.8) is 0 Å². The summed E-state index contributed by atoms with van der Waals surface area (Å²) in [5.74, 6) is -0.366. The average Bonchev–Trinajstić information content (AvgIpc) is 2.32. The molecule has 0 bridgehead atoms. The standard InChI is InChI=1S/C14H21ClFNO/c1-14(2,7-8-18-3)10-17-9-11-5-4-6-12(16)13(11)15/h4-6,17H,7-10H2,1-3H3. The fraction of sp³-hybridized carbons (Fsp3) is 0.571. The van der Waals surface area contributed by atoms with Crippen LogP contribution in [0.3, 0.4) is 0 Å². The van der Waals surface area contributed by atoms with Crippen LogP contribution >= 0.6 is 11.6 Å². The predicted molar refractivity (Wildman–Crippen MR) is 73.4 cm³/mol. The first kappa shape index (κ1) is 15.4. The van der Waals surface area contributed by atoms with E-state index in [0.717, 1.165) is 25.1 Å². The fourth-order valence-electron chi connectivity index (χ4n) is 1.69. The van der Waals surface area contributed by atoms with Gasteiger partial charge in [-0.3, -0.25) is 0 Å². The van der Waals surface area contributed by atoms with Crippen molar-refractivity contribution in [3.8, 4) is 0 Å². The average molecular weight is 274 g/mol. The lowest BCUT2D eigenvalue weighted by Crippen LogP contribution is -2.30. The van der Waals surface area contributed by atoms with Gasteiger partial charge in [0.1, 0.15) is 5.82 Å². The molecule has 0 heterocycles. The van der Waals surface area contributed by atoms with E-state index in [0.29, 0.717) is 6.54 Å². The highest BCUT2D eigenvalue weighted by atomic mass is 35.5. The van der Waals surface area contributed by atoms with Crippen LogP contribution in [0.4, 0.5) is 4.39 Å². The number of methoxy groups -OCH3 is 1. The molecule has 1 N–H and O–H groups in total. The van der Waals surface area contributed by atoms with Crippen molar-refractivity contribution in [2.75, 3.05) is 20.3 Å². The Morgan fingerprint density at radius 1 is 1.39 bits per heavy atom. The van der Waals surface area contributed by atoms with Crippen LogP contribution in [0.2, 0.25) is 5.02 Å². The van der Waals surface area contributed by atoms with Crippen molar-refractivity contribution in [1.29, 1.82) is 0 Å². The molecule has 18 heavy (non-hydrogen) atoms. The maximum absolute atomic E-state index is 13.2. The van der Waals surface area contributed by atoms with E-state index in [2.05, 4.69) is 19.2 Å². The highest BCUT2D eigenvalue weighted by Crippen LogP contribution is 2.21. The van der Waals surface area contributed by atoms with Gasteiger partial charge in [0.2, 0.25) is 0 Å². The Morgan fingerprint density at radius 2 is 2.11 bits per heavy atom. The van der Waals surface area contributed by atoms with Crippen molar-refractivity contribution >= 4 is 11.6 Å². The van der Waals surface area contributed by atoms with Crippen LogP contribution in [-0.4, -0.2) is 20.3 Å². The Balaban J connectivity index is 2.44. The number of rotatable bonds is 7. The van der Waals surface area contributed by atoms with Crippen molar-refractivity contribution in [1.82, 2.24) is 5.32 Å². The van der Waals surface area contributed by atoms with E-state index in [1.807, 2.05) is 6.07 Å². The monoisotopic (exact) mass is 273 g/mol. The first-order chi connectivity index (χ1) is 8.46. The Kier molecular flexibility index (Phi) is 6.06. The lowest BCUT2D eigenvalue weighted by Gasteiger charge is -2.24. The molecular formula is C14H21ClFNO. The third-order valence-corrected chi connectivity index (χ3v) is 3.36. The highest BCUT2D eigenvalue weighted by molar-refractivity contribution is 6.31. The molecule has 0 aliphatic carbocycles. The molecule has 0 radical (unpaired) electrons. The summed E-state index contributed by atoms with van der Waals surface area (Å²) in [6.45, 7) is 6.50. The molecule has 0 aliphatic heterocycles. The molecule has 4 heteroatoms. The molecule has 0 saturated carbocycles. The largest absolute Gasteiger partial charge is 0.385 e. The minimum atomic E-state index is -0.366. The smallest absolute Gasteiger partial charge is 0.142 e. The van der Waals surface area contributed by atoms with Crippen LogP contribution < -0.4 is 5.32 Å². The summed E-state index contributed by atoms with van der Waals surface area (Å²) in [6, 6.07) is 4.88. The zero-order valence-corrected chi connectivity index (χ0v) is 12.0. The second kappa shape index (κ2) is 7.07. The summed E-state index contributed by atoms with van der Waals surface area (Å²) < 4.78 is 18.3. The summed E-state index contributed by atoms with van der Waals surface area (Å²) in [4.78, 5) is 0. The molecule has 1 aromatic carbocycles. The van der Waals surface area contributed by atoms with Gasteiger partial charge in [-0.25, -0.2) is 4.39 Å². The molecule has 102 valence electrons.